The summed E-state index contributed by atoms with van der Waals surface area (Å²) >= 11 is 0. The Morgan fingerprint density at radius 3 is 2.42 bits per heavy atom. The van der Waals surface area contributed by atoms with Crippen LogP contribution in [0.25, 0.3) is 6.08 Å². The summed E-state index contributed by atoms with van der Waals surface area (Å²) < 4.78 is 5.04. The van der Waals surface area contributed by atoms with Crippen LogP contribution >= 0.6 is 0 Å². The van der Waals surface area contributed by atoms with Gasteiger partial charge in [0.25, 0.3) is 0 Å². The van der Waals surface area contributed by atoms with Gasteiger partial charge in [-0.3, -0.25) is 4.79 Å². The number of ether oxygens (including phenoxy) is 1. The van der Waals surface area contributed by atoms with Gasteiger partial charge in [0.15, 0.2) is 0 Å². The molecule has 0 bridgehead atoms. The summed E-state index contributed by atoms with van der Waals surface area (Å²) in [5, 5.41) is 0. The Kier molecular flexibility index (Phi) is 6.94. The molecular formula is C17H24O2. The Bertz CT molecular complexity index is 415. The highest BCUT2D eigenvalue weighted by Crippen LogP contribution is 2.13. The molecule has 19 heavy (non-hydrogen) atoms. The summed E-state index contributed by atoms with van der Waals surface area (Å²) in [6.07, 6.45) is 6.61. The van der Waals surface area contributed by atoms with Gasteiger partial charge in [0.1, 0.15) is 6.61 Å². The third-order valence-corrected chi connectivity index (χ3v) is 3.08. The minimum absolute atomic E-state index is 0.228. The zero-order chi connectivity index (χ0) is 14.1. The topological polar surface area (TPSA) is 26.3 Å². The number of aryl methyl sites for hydroxylation is 1. The van der Waals surface area contributed by atoms with E-state index < -0.39 is 0 Å². The normalized spacial score (nSPS) is 11.4. The molecule has 2 heteroatoms. The Balaban J connectivity index is 2.65. The van der Waals surface area contributed by atoms with Gasteiger partial charge in [-0.05, 0) is 36.0 Å². The maximum atomic E-state index is 10.8. The first-order valence-electron chi connectivity index (χ1n) is 7.07. The Hall–Kier alpha value is -1.57. The molecule has 2 nitrogen and oxygen atoms in total. The van der Waals surface area contributed by atoms with Crippen molar-refractivity contribution in [2.45, 2.75) is 46.5 Å². The standard InChI is InChI=1S/C17H24O2/c1-4-6-7-16-8-10-17(11-9-16)12-15(5-2)13-19-14(3)18/h8-12H,4-7,13H2,1-3H3/b15-12+. The van der Waals surface area contributed by atoms with Crippen LogP contribution in [0.1, 0.15) is 51.2 Å². The first-order chi connectivity index (χ1) is 9.15. The molecule has 0 spiro atoms. The van der Waals surface area contributed by atoms with Gasteiger partial charge in [-0.25, -0.2) is 0 Å². The fourth-order valence-corrected chi connectivity index (χ4v) is 1.84. The molecule has 0 saturated carbocycles. The van der Waals surface area contributed by atoms with E-state index in [1.54, 1.807) is 0 Å². The molecule has 0 aromatic heterocycles. The molecule has 0 aliphatic rings. The van der Waals surface area contributed by atoms with Crippen LogP contribution in [0, 0.1) is 0 Å². The minimum atomic E-state index is -0.228. The van der Waals surface area contributed by atoms with Gasteiger partial charge >= 0.3 is 5.97 Å². The first-order valence-corrected chi connectivity index (χ1v) is 7.07. The fraction of sp³-hybridized carbons (Fsp3) is 0.471. The maximum absolute atomic E-state index is 10.8. The average Bonchev–Trinajstić information content (AvgIpc) is 2.42. The molecule has 0 saturated heterocycles. The molecule has 0 aliphatic carbocycles. The van der Waals surface area contributed by atoms with E-state index >= 15 is 0 Å². The summed E-state index contributed by atoms with van der Waals surface area (Å²) in [5.41, 5.74) is 3.69. The molecule has 0 radical (unpaired) electrons. The van der Waals surface area contributed by atoms with Gasteiger partial charge in [-0.2, -0.15) is 0 Å². The number of carbonyl (C=O) groups is 1. The van der Waals surface area contributed by atoms with Crippen LogP contribution in [0.2, 0.25) is 0 Å². The third kappa shape index (κ3) is 6.23. The second kappa shape index (κ2) is 8.52. The predicted molar refractivity (Wildman–Crippen MR) is 80.0 cm³/mol. The van der Waals surface area contributed by atoms with Crippen LogP contribution in [0.5, 0.6) is 0 Å². The average molecular weight is 260 g/mol. The quantitative estimate of drug-likeness (QED) is 0.680. The first kappa shape index (κ1) is 15.5. The van der Waals surface area contributed by atoms with Gasteiger partial charge in [-0.15, -0.1) is 0 Å². The monoisotopic (exact) mass is 260 g/mol. The molecule has 0 atom stereocenters. The maximum Gasteiger partial charge on any atom is 0.302 e. The fourth-order valence-electron chi connectivity index (χ4n) is 1.84. The van der Waals surface area contributed by atoms with Gasteiger partial charge < -0.3 is 4.74 Å². The van der Waals surface area contributed by atoms with Crippen LogP contribution < -0.4 is 0 Å². The second-order valence-electron chi connectivity index (χ2n) is 4.78. The van der Waals surface area contributed by atoms with Crippen molar-refractivity contribution in [1.82, 2.24) is 0 Å². The van der Waals surface area contributed by atoms with Crippen LogP contribution in [-0.4, -0.2) is 12.6 Å². The molecular weight excluding hydrogens is 236 g/mol. The minimum Gasteiger partial charge on any atom is -0.461 e. The number of benzene rings is 1. The van der Waals surface area contributed by atoms with Crippen molar-refractivity contribution >= 4 is 12.0 Å². The van der Waals surface area contributed by atoms with E-state index in [4.69, 9.17) is 4.74 Å². The summed E-state index contributed by atoms with van der Waals surface area (Å²) in [5.74, 6) is -0.228. The van der Waals surface area contributed by atoms with E-state index in [1.165, 1.54) is 30.9 Å². The summed E-state index contributed by atoms with van der Waals surface area (Å²) in [7, 11) is 0. The van der Waals surface area contributed by atoms with Crippen molar-refractivity contribution < 1.29 is 9.53 Å². The number of esters is 1. The molecule has 0 fully saturated rings. The smallest absolute Gasteiger partial charge is 0.302 e. The van der Waals surface area contributed by atoms with Crippen molar-refractivity contribution in [2.24, 2.45) is 0 Å². The largest absolute Gasteiger partial charge is 0.461 e. The van der Waals surface area contributed by atoms with E-state index in [2.05, 4.69) is 44.2 Å². The second-order valence-corrected chi connectivity index (χ2v) is 4.78. The molecule has 1 aromatic carbocycles. The van der Waals surface area contributed by atoms with Crippen molar-refractivity contribution in [3.63, 3.8) is 0 Å². The van der Waals surface area contributed by atoms with Gasteiger partial charge in [0, 0.05) is 6.92 Å². The third-order valence-electron chi connectivity index (χ3n) is 3.08. The number of unbranched alkanes of at least 4 members (excludes halogenated alkanes) is 1. The Morgan fingerprint density at radius 2 is 1.89 bits per heavy atom. The molecule has 0 N–H and O–H groups in total. The van der Waals surface area contributed by atoms with E-state index in [1.807, 2.05) is 0 Å². The van der Waals surface area contributed by atoms with Crippen molar-refractivity contribution in [1.29, 1.82) is 0 Å². The summed E-state index contributed by atoms with van der Waals surface area (Å²) in [6, 6.07) is 8.63. The molecule has 0 heterocycles. The predicted octanol–water partition coefficient (Wildman–Crippen LogP) is 4.39. The summed E-state index contributed by atoms with van der Waals surface area (Å²) in [6.45, 7) is 6.11. The molecule has 104 valence electrons. The van der Waals surface area contributed by atoms with Gasteiger partial charge in [0.05, 0.1) is 0 Å². The number of rotatable bonds is 7. The van der Waals surface area contributed by atoms with Gasteiger partial charge in [-0.1, -0.05) is 50.6 Å². The zero-order valence-corrected chi connectivity index (χ0v) is 12.2. The Morgan fingerprint density at radius 1 is 1.21 bits per heavy atom. The molecule has 0 unspecified atom stereocenters. The van der Waals surface area contributed by atoms with Crippen LogP contribution in [0.4, 0.5) is 0 Å². The van der Waals surface area contributed by atoms with E-state index in [0.717, 1.165) is 18.4 Å². The highest BCUT2D eigenvalue weighted by atomic mass is 16.5. The van der Waals surface area contributed by atoms with Crippen molar-refractivity contribution in [3.05, 3.63) is 41.0 Å². The lowest BCUT2D eigenvalue weighted by atomic mass is 10.0. The van der Waals surface area contributed by atoms with E-state index in [-0.39, 0.29) is 5.97 Å². The zero-order valence-electron chi connectivity index (χ0n) is 12.2. The van der Waals surface area contributed by atoms with Crippen molar-refractivity contribution in [3.8, 4) is 0 Å². The van der Waals surface area contributed by atoms with Crippen LogP contribution in [0.15, 0.2) is 29.8 Å². The number of hydrogen-bond donors (Lipinski definition) is 0. The lowest BCUT2D eigenvalue weighted by Gasteiger charge is -2.06. The number of carbonyl (C=O) groups excluding carboxylic acids is 1. The molecule has 0 aliphatic heterocycles. The van der Waals surface area contributed by atoms with E-state index in [9.17, 15) is 4.79 Å². The van der Waals surface area contributed by atoms with Crippen LogP contribution in [0.3, 0.4) is 0 Å². The SMILES string of the molecule is CCCCc1ccc(/C=C(\CC)COC(C)=O)cc1. The number of hydrogen-bond acceptors (Lipinski definition) is 2. The Labute approximate surface area is 116 Å². The van der Waals surface area contributed by atoms with Crippen LogP contribution in [-0.2, 0) is 16.0 Å². The highest BCUT2D eigenvalue weighted by Gasteiger charge is 1.99. The summed E-state index contributed by atoms with van der Waals surface area (Å²) in [4.78, 5) is 10.8. The van der Waals surface area contributed by atoms with Gasteiger partial charge in [0.2, 0.25) is 0 Å². The molecule has 1 rings (SSSR count). The van der Waals surface area contributed by atoms with Crippen molar-refractivity contribution in [2.75, 3.05) is 6.61 Å². The lowest BCUT2D eigenvalue weighted by Crippen LogP contribution is -2.02. The molecule has 1 aromatic rings. The highest BCUT2D eigenvalue weighted by molar-refractivity contribution is 5.66. The van der Waals surface area contributed by atoms with E-state index in [0.29, 0.717) is 6.61 Å². The lowest BCUT2D eigenvalue weighted by molar-refractivity contribution is -0.139. The molecule has 0 amide bonds.